The van der Waals surface area contributed by atoms with Crippen LogP contribution in [0.5, 0.6) is 11.5 Å². The average molecular weight is 514 g/mol. The number of piperidine rings is 1. The summed E-state index contributed by atoms with van der Waals surface area (Å²) in [5, 5.41) is 5.68. The molecule has 0 radical (unpaired) electrons. The van der Waals surface area contributed by atoms with Crippen LogP contribution >= 0.6 is 0 Å². The normalized spacial score (nSPS) is 21.9. The highest BCUT2D eigenvalue weighted by Gasteiger charge is 2.29. The van der Waals surface area contributed by atoms with E-state index in [2.05, 4.69) is 32.4 Å². The van der Waals surface area contributed by atoms with Crippen molar-refractivity contribution in [3.63, 3.8) is 0 Å². The van der Waals surface area contributed by atoms with Gasteiger partial charge in [0.25, 0.3) is 0 Å². The quantitative estimate of drug-likeness (QED) is 0.348. The third-order valence-corrected chi connectivity index (χ3v) is 8.17. The molecule has 1 atom stereocenters. The number of carbonyl (C=O) groups is 1. The third kappa shape index (κ3) is 5.12. The van der Waals surface area contributed by atoms with Crippen molar-refractivity contribution in [2.24, 2.45) is 5.92 Å². The molecule has 2 amide bonds. The number of nitrogens with one attached hydrogen (secondary N) is 2. The summed E-state index contributed by atoms with van der Waals surface area (Å²) < 4.78 is 11.2. The summed E-state index contributed by atoms with van der Waals surface area (Å²) in [5.74, 6) is 2.46. The molecule has 3 aromatic heterocycles. The Morgan fingerprint density at radius 3 is 2.68 bits per heavy atom. The summed E-state index contributed by atoms with van der Waals surface area (Å²) in [6, 6.07) is 12.2. The van der Waals surface area contributed by atoms with E-state index in [4.69, 9.17) is 9.47 Å². The first-order valence-electron chi connectivity index (χ1n) is 13.7. The van der Waals surface area contributed by atoms with Gasteiger partial charge in [-0.3, -0.25) is 0 Å². The zero-order valence-corrected chi connectivity index (χ0v) is 21.9. The van der Waals surface area contributed by atoms with Gasteiger partial charge in [0.2, 0.25) is 0 Å². The first-order valence-corrected chi connectivity index (χ1v) is 13.7. The lowest BCUT2D eigenvalue weighted by Crippen LogP contribution is -2.50. The van der Waals surface area contributed by atoms with Gasteiger partial charge in [-0.05, 0) is 86.4 Å². The number of amides is 2. The van der Waals surface area contributed by atoms with Gasteiger partial charge in [-0.15, -0.1) is 0 Å². The summed E-state index contributed by atoms with van der Waals surface area (Å²) in [5.41, 5.74) is 3.21. The minimum absolute atomic E-state index is 0.0676. The smallest absolute Gasteiger partial charge is 0.317 e. The zero-order chi connectivity index (χ0) is 25.9. The number of methoxy groups -OCH3 is 1. The standard InChI is InChI=1S/C30H35N5O3/c1-37-23-8-10-24(11-9-23)38-19-20-3-2-16-35(18-20)30(36)34-22-6-4-21(5-7-22)25-12-14-31-27-17-33-29-26(28(25)27)13-15-32-29/h8-15,17,20-22,31H,2-7,16,18-19H2,1H3,(H,34,36). The number of likely N-dealkylation sites (tertiary alicyclic amines) is 1. The molecule has 4 heterocycles. The molecule has 2 fully saturated rings. The summed E-state index contributed by atoms with van der Waals surface area (Å²) >= 11 is 0. The second kappa shape index (κ2) is 10.9. The first kappa shape index (κ1) is 24.5. The molecule has 2 N–H and O–H groups in total. The molecule has 2 aliphatic rings. The number of nitrogens with zero attached hydrogens (tertiary/aromatic N) is 3. The van der Waals surface area contributed by atoms with Gasteiger partial charge in [-0.1, -0.05) is 0 Å². The Morgan fingerprint density at radius 2 is 1.87 bits per heavy atom. The monoisotopic (exact) mass is 513 g/mol. The molecule has 0 spiro atoms. The number of benzene rings is 1. The van der Waals surface area contributed by atoms with E-state index < -0.39 is 0 Å². The number of H-pyrrole nitrogens is 1. The largest absolute Gasteiger partial charge is 0.497 e. The van der Waals surface area contributed by atoms with Crippen LogP contribution < -0.4 is 14.8 Å². The number of carbonyl (C=O) groups excluding carboxylic acids is 1. The van der Waals surface area contributed by atoms with Crippen LogP contribution in [0.15, 0.2) is 55.0 Å². The summed E-state index contributed by atoms with van der Waals surface area (Å²) in [4.78, 5) is 27.3. The van der Waals surface area contributed by atoms with Gasteiger partial charge in [0.15, 0.2) is 5.65 Å². The summed E-state index contributed by atoms with van der Waals surface area (Å²) in [7, 11) is 1.66. The highest BCUT2D eigenvalue weighted by atomic mass is 16.5. The number of aromatic amines is 1. The van der Waals surface area contributed by atoms with E-state index in [0.717, 1.165) is 79.7 Å². The number of rotatable bonds is 6. The molecule has 1 saturated carbocycles. The van der Waals surface area contributed by atoms with Crippen LogP contribution in [0, 0.1) is 5.92 Å². The van der Waals surface area contributed by atoms with E-state index in [0.29, 0.717) is 18.4 Å². The molecule has 8 nitrogen and oxygen atoms in total. The van der Waals surface area contributed by atoms with Gasteiger partial charge in [0, 0.05) is 48.2 Å². The van der Waals surface area contributed by atoms with Crippen LogP contribution in [0.1, 0.15) is 50.0 Å². The molecular weight excluding hydrogens is 478 g/mol. The Labute approximate surface area is 222 Å². The van der Waals surface area contributed by atoms with Crippen LogP contribution in [-0.2, 0) is 0 Å². The lowest BCUT2D eigenvalue weighted by atomic mass is 9.80. The van der Waals surface area contributed by atoms with Crippen LogP contribution in [-0.4, -0.2) is 58.7 Å². The van der Waals surface area contributed by atoms with Crippen molar-refractivity contribution >= 4 is 28.0 Å². The zero-order valence-electron chi connectivity index (χ0n) is 21.9. The van der Waals surface area contributed by atoms with Crippen LogP contribution in [0.3, 0.4) is 0 Å². The van der Waals surface area contributed by atoms with Crippen molar-refractivity contribution in [1.82, 2.24) is 25.2 Å². The van der Waals surface area contributed by atoms with Crippen LogP contribution in [0.4, 0.5) is 4.79 Å². The Kier molecular flexibility index (Phi) is 7.03. The van der Waals surface area contributed by atoms with E-state index in [9.17, 15) is 4.79 Å². The maximum Gasteiger partial charge on any atom is 0.317 e. The van der Waals surface area contributed by atoms with Gasteiger partial charge < -0.3 is 24.7 Å². The average Bonchev–Trinajstić information content (AvgIpc) is 3.46. The molecule has 0 bridgehead atoms. The molecule has 4 aromatic rings. The van der Waals surface area contributed by atoms with Crippen molar-refractivity contribution in [2.75, 3.05) is 26.8 Å². The Bertz CT molecular complexity index is 1390. The number of urea groups is 1. The molecule has 1 aliphatic carbocycles. The van der Waals surface area contributed by atoms with Gasteiger partial charge >= 0.3 is 6.03 Å². The maximum absolute atomic E-state index is 13.1. The van der Waals surface area contributed by atoms with Crippen LogP contribution in [0.25, 0.3) is 21.9 Å². The number of fused-ring (bicyclic) bond motifs is 3. The van der Waals surface area contributed by atoms with Crippen molar-refractivity contribution in [3.8, 4) is 11.5 Å². The van der Waals surface area contributed by atoms with E-state index >= 15 is 0 Å². The third-order valence-electron chi connectivity index (χ3n) is 8.17. The topological polar surface area (TPSA) is 92.4 Å². The van der Waals surface area contributed by atoms with Crippen molar-refractivity contribution in [2.45, 2.75) is 50.5 Å². The minimum atomic E-state index is 0.0676. The minimum Gasteiger partial charge on any atom is -0.497 e. The van der Waals surface area contributed by atoms with Crippen molar-refractivity contribution in [3.05, 3.63) is 60.6 Å². The number of hydrogen-bond acceptors (Lipinski definition) is 5. The Balaban J connectivity index is 1.02. The Morgan fingerprint density at radius 1 is 1.05 bits per heavy atom. The summed E-state index contributed by atoms with van der Waals surface area (Å²) in [6.45, 7) is 2.16. The maximum atomic E-state index is 13.1. The fourth-order valence-corrected chi connectivity index (χ4v) is 6.11. The summed E-state index contributed by atoms with van der Waals surface area (Å²) in [6.07, 6.45) is 11.9. The van der Waals surface area contributed by atoms with Crippen molar-refractivity contribution in [1.29, 1.82) is 0 Å². The van der Waals surface area contributed by atoms with Gasteiger partial charge in [-0.2, -0.15) is 0 Å². The van der Waals surface area contributed by atoms with E-state index in [1.807, 2.05) is 47.8 Å². The molecule has 1 saturated heterocycles. The first-order chi connectivity index (χ1) is 18.7. The lowest BCUT2D eigenvalue weighted by Gasteiger charge is -2.35. The molecule has 38 heavy (non-hydrogen) atoms. The molecule has 8 heteroatoms. The molecule has 1 aliphatic heterocycles. The van der Waals surface area contributed by atoms with E-state index in [1.54, 1.807) is 7.11 Å². The van der Waals surface area contributed by atoms with E-state index in [1.165, 1.54) is 10.9 Å². The molecular formula is C30H35N5O3. The molecule has 6 rings (SSSR count). The molecule has 1 unspecified atom stereocenters. The number of ether oxygens (including phenoxy) is 2. The highest BCUT2D eigenvalue weighted by Crippen LogP contribution is 2.38. The lowest BCUT2D eigenvalue weighted by molar-refractivity contribution is 0.133. The van der Waals surface area contributed by atoms with E-state index in [-0.39, 0.29) is 12.1 Å². The van der Waals surface area contributed by atoms with Gasteiger partial charge in [0.1, 0.15) is 11.5 Å². The van der Waals surface area contributed by atoms with Crippen LogP contribution in [0.2, 0.25) is 0 Å². The number of hydrogen-bond donors (Lipinski definition) is 2. The number of pyridine rings is 2. The Hall–Kier alpha value is -3.81. The predicted octanol–water partition coefficient (Wildman–Crippen LogP) is 5.65. The molecule has 1 aromatic carbocycles. The molecule has 198 valence electrons. The van der Waals surface area contributed by atoms with Gasteiger partial charge in [-0.25, -0.2) is 14.8 Å². The number of aromatic nitrogens is 3. The second-order valence-electron chi connectivity index (χ2n) is 10.6. The fourth-order valence-electron chi connectivity index (χ4n) is 6.11. The highest BCUT2D eigenvalue weighted by molar-refractivity contribution is 6.05. The predicted molar refractivity (Wildman–Crippen MR) is 148 cm³/mol. The van der Waals surface area contributed by atoms with Gasteiger partial charge in [0.05, 0.1) is 25.4 Å². The second-order valence-corrected chi connectivity index (χ2v) is 10.6. The SMILES string of the molecule is COc1ccc(OCC2CCCN(C(=O)NC3CCC(c4cc[nH]c5cnc6nccc6c45)CC3)C2)cc1. The van der Waals surface area contributed by atoms with Crippen molar-refractivity contribution < 1.29 is 14.3 Å². The fraction of sp³-hybridized carbons (Fsp3) is 0.433.